The van der Waals surface area contributed by atoms with Gasteiger partial charge >= 0.3 is 6.09 Å². The number of alkyl carbamates (subject to hydrolysis) is 1. The summed E-state index contributed by atoms with van der Waals surface area (Å²) in [7, 11) is 1.62. The van der Waals surface area contributed by atoms with Crippen molar-refractivity contribution in [2.45, 2.75) is 51.5 Å². The molecule has 1 aromatic carbocycles. The van der Waals surface area contributed by atoms with Crippen LogP contribution in [0.3, 0.4) is 0 Å². The van der Waals surface area contributed by atoms with Gasteiger partial charge in [0.1, 0.15) is 12.6 Å². The minimum absolute atomic E-state index is 0.0985. The molecule has 8 heteroatoms. The first-order valence-electron chi connectivity index (χ1n) is 9.50. The fourth-order valence-corrected chi connectivity index (χ4v) is 3.06. The fourth-order valence-electron chi connectivity index (χ4n) is 3.06. The van der Waals surface area contributed by atoms with E-state index in [0.717, 1.165) is 5.56 Å². The lowest BCUT2D eigenvalue weighted by atomic mass is 10.0. The maximum atomic E-state index is 12.7. The second-order valence-corrected chi connectivity index (χ2v) is 7.39. The molecule has 2 rings (SSSR count). The minimum Gasteiger partial charge on any atom is -0.445 e. The molecule has 8 nitrogen and oxygen atoms in total. The Kier molecular flexibility index (Phi) is 7.80. The number of aliphatic hydroxyl groups excluding tert-OH is 1. The first-order chi connectivity index (χ1) is 13.3. The zero-order chi connectivity index (χ0) is 20.7. The number of likely N-dealkylation sites (tertiary alicyclic amines) is 1. The summed E-state index contributed by atoms with van der Waals surface area (Å²) in [5.74, 6) is -1.07. The molecule has 1 heterocycles. The molecule has 2 unspecified atom stereocenters. The average Bonchev–Trinajstić information content (AvgIpc) is 2.79. The van der Waals surface area contributed by atoms with Crippen LogP contribution in [0.2, 0.25) is 0 Å². The predicted octanol–water partition coefficient (Wildman–Crippen LogP) is 1.04. The Morgan fingerprint density at radius 2 is 1.96 bits per heavy atom. The molecular weight excluding hydrogens is 362 g/mol. The molecule has 0 radical (unpaired) electrons. The number of likely N-dealkylation sites (N-methyl/N-ethyl adjacent to an activating group) is 1. The van der Waals surface area contributed by atoms with Crippen molar-refractivity contribution in [2.24, 2.45) is 5.92 Å². The van der Waals surface area contributed by atoms with Gasteiger partial charge in [-0.2, -0.15) is 0 Å². The summed E-state index contributed by atoms with van der Waals surface area (Å²) in [6.45, 7) is 4.22. The molecule has 3 atom stereocenters. The van der Waals surface area contributed by atoms with E-state index in [4.69, 9.17) is 4.74 Å². The highest BCUT2D eigenvalue weighted by Gasteiger charge is 2.34. The standard InChI is InChI=1S/C20H29N3O5/c1-13(2)16(22-20(27)28-12-14-8-5-4-6-9-14)18(25)21-15-10-7-11-23(3)19(26)17(15)24/h4-6,8-9,13,15-17,24H,7,10-12H2,1-3H3,(H,21,25)(H,22,27)/t15?,16-,17?/m0/s1. The van der Waals surface area contributed by atoms with E-state index in [9.17, 15) is 19.5 Å². The fraction of sp³-hybridized carbons (Fsp3) is 0.550. The van der Waals surface area contributed by atoms with Gasteiger partial charge in [0.05, 0.1) is 6.04 Å². The van der Waals surface area contributed by atoms with Gasteiger partial charge in [0.15, 0.2) is 6.10 Å². The van der Waals surface area contributed by atoms with Crippen LogP contribution in [0, 0.1) is 5.92 Å². The van der Waals surface area contributed by atoms with Crippen molar-refractivity contribution in [3.63, 3.8) is 0 Å². The van der Waals surface area contributed by atoms with Crippen LogP contribution in [0.5, 0.6) is 0 Å². The van der Waals surface area contributed by atoms with Crippen molar-refractivity contribution < 1.29 is 24.2 Å². The molecule has 1 fully saturated rings. The third-order valence-corrected chi connectivity index (χ3v) is 4.78. The van der Waals surface area contributed by atoms with E-state index in [1.807, 2.05) is 30.3 Å². The summed E-state index contributed by atoms with van der Waals surface area (Å²) in [6, 6.07) is 7.70. The molecule has 3 amide bonds. The number of amides is 3. The van der Waals surface area contributed by atoms with Gasteiger partial charge in [-0.1, -0.05) is 44.2 Å². The molecule has 28 heavy (non-hydrogen) atoms. The second-order valence-electron chi connectivity index (χ2n) is 7.39. The van der Waals surface area contributed by atoms with Crippen LogP contribution >= 0.6 is 0 Å². The van der Waals surface area contributed by atoms with Crippen molar-refractivity contribution in [1.82, 2.24) is 15.5 Å². The monoisotopic (exact) mass is 391 g/mol. The molecule has 0 aromatic heterocycles. The Labute approximate surface area is 165 Å². The van der Waals surface area contributed by atoms with E-state index in [0.29, 0.717) is 19.4 Å². The Morgan fingerprint density at radius 3 is 2.61 bits per heavy atom. The predicted molar refractivity (Wildman–Crippen MR) is 103 cm³/mol. The van der Waals surface area contributed by atoms with Crippen molar-refractivity contribution in [3.8, 4) is 0 Å². The van der Waals surface area contributed by atoms with E-state index in [-0.39, 0.29) is 12.5 Å². The molecule has 0 aliphatic carbocycles. The van der Waals surface area contributed by atoms with Crippen LogP contribution in [0.1, 0.15) is 32.3 Å². The molecule has 1 aliphatic heterocycles. The van der Waals surface area contributed by atoms with Gasteiger partial charge in [-0.05, 0) is 24.3 Å². The topological polar surface area (TPSA) is 108 Å². The Hall–Kier alpha value is -2.61. The largest absolute Gasteiger partial charge is 0.445 e. The minimum atomic E-state index is -1.30. The lowest BCUT2D eigenvalue weighted by molar-refractivity contribution is -0.139. The number of hydrogen-bond acceptors (Lipinski definition) is 5. The number of rotatable bonds is 6. The number of nitrogens with zero attached hydrogens (tertiary/aromatic N) is 1. The van der Waals surface area contributed by atoms with E-state index < -0.39 is 36.1 Å². The maximum Gasteiger partial charge on any atom is 0.408 e. The molecule has 0 bridgehead atoms. The molecule has 1 saturated heterocycles. The summed E-state index contributed by atoms with van der Waals surface area (Å²) in [4.78, 5) is 38.3. The van der Waals surface area contributed by atoms with Crippen LogP contribution in [0.4, 0.5) is 4.79 Å². The Balaban J connectivity index is 1.93. The first-order valence-corrected chi connectivity index (χ1v) is 9.50. The van der Waals surface area contributed by atoms with Gasteiger partial charge in [-0.3, -0.25) is 9.59 Å². The van der Waals surface area contributed by atoms with Crippen LogP contribution in [-0.4, -0.2) is 59.7 Å². The van der Waals surface area contributed by atoms with Gasteiger partial charge in [0.2, 0.25) is 5.91 Å². The lowest BCUT2D eigenvalue weighted by Crippen LogP contribution is -2.56. The molecule has 1 aliphatic rings. The van der Waals surface area contributed by atoms with Gasteiger partial charge < -0.3 is 25.4 Å². The average molecular weight is 391 g/mol. The van der Waals surface area contributed by atoms with Gasteiger partial charge in [-0.15, -0.1) is 0 Å². The SMILES string of the molecule is CC(C)[C@H](NC(=O)OCc1ccccc1)C(=O)NC1CCCN(C)C(=O)C1O. The van der Waals surface area contributed by atoms with E-state index >= 15 is 0 Å². The highest BCUT2D eigenvalue weighted by Crippen LogP contribution is 2.13. The number of aliphatic hydroxyl groups is 1. The number of hydrogen-bond donors (Lipinski definition) is 3. The van der Waals surface area contributed by atoms with Crippen molar-refractivity contribution >= 4 is 17.9 Å². The van der Waals surface area contributed by atoms with Gasteiger partial charge in [-0.25, -0.2) is 4.79 Å². The van der Waals surface area contributed by atoms with E-state index in [2.05, 4.69) is 10.6 Å². The summed E-state index contributed by atoms with van der Waals surface area (Å²) in [6.07, 6.45) is -0.848. The number of benzene rings is 1. The number of carbonyl (C=O) groups is 3. The molecule has 0 saturated carbocycles. The summed E-state index contributed by atoms with van der Waals surface area (Å²) in [5, 5.41) is 15.5. The first kappa shape index (κ1) is 21.7. The molecular formula is C20H29N3O5. The third kappa shape index (κ3) is 5.95. The van der Waals surface area contributed by atoms with Crippen LogP contribution < -0.4 is 10.6 Å². The van der Waals surface area contributed by atoms with E-state index in [1.54, 1.807) is 20.9 Å². The third-order valence-electron chi connectivity index (χ3n) is 4.78. The quantitative estimate of drug-likeness (QED) is 0.671. The Morgan fingerprint density at radius 1 is 1.29 bits per heavy atom. The number of ether oxygens (including phenoxy) is 1. The molecule has 3 N–H and O–H groups in total. The smallest absolute Gasteiger partial charge is 0.408 e. The molecule has 1 aromatic rings. The van der Waals surface area contributed by atoms with Crippen LogP contribution in [-0.2, 0) is 20.9 Å². The zero-order valence-electron chi connectivity index (χ0n) is 16.6. The van der Waals surface area contributed by atoms with Crippen molar-refractivity contribution in [1.29, 1.82) is 0 Å². The number of carbonyl (C=O) groups excluding carboxylic acids is 3. The second kappa shape index (κ2) is 10.1. The molecule has 154 valence electrons. The zero-order valence-corrected chi connectivity index (χ0v) is 16.6. The van der Waals surface area contributed by atoms with Crippen molar-refractivity contribution in [2.75, 3.05) is 13.6 Å². The molecule has 0 spiro atoms. The van der Waals surface area contributed by atoms with Crippen LogP contribution in [0.25, 0.3) is 0 Å². The van der Waals surface area contributed by atoms with Crippen LogP contribution in [0.15, 0.2) is 30.3 Å². The summed E-state index contributed by atoms with van der Waals surface area (Å²) in [5.41, 5.74) is 0.840. The normalized spacial score (nSPS) is 21.0. The summed E-state index contributed by atoms with van der Waals surface area (Å²) >= 11 is 0. The van der Waals surface area contributed by atoms with Gasteiger partial charge in [0, 0.05) is 13.6 Å². The Bertz CT molecular complexity index is 680. The summed E-state index contributed by atoms with van der Waals surface area (Å²) < 4.78 is 5.18. The number of nitrogens with one attached hydrogen (secondary N) is 2. The van der Waals surface area contributed by atoms with Crippen molar-refractivity contribution in [3.05, 3.63) is 35.9 Å². The highest BCUT2D eigenvalue weighted by molar-refractivity contribution is 5.87. The maximum absolute atomic E-state index is 12.7. The lowest BCUT2D eigenvalue weighted by Gasteiger charge is -2.26. The van der Waals surface area contributed by atoms with Gasteiger partial charge in [0.25, 0.3) is 5.91 Å². The van der Waals surface area contributed by atoms with E-state index in [1.165, 1.54) is 4.90 Å². The highest BCUT2D eigenvalue weighted by atomic mass is 16.5.